The molecule has 0 radical (unpaired) electrons. The number of aliphatic carboxylic acids is 1. The van der Waals surface area contributed by atoms with Crippen molar-refractivity contribution in [3.63, 3.8) is 0 Å². The third-order valence-electron chi connectivity index (χ3n) is 3.15. The van der Waals surface area contributed by atoms with E-state index in [-0.39, 0.29) is 0 Å². The summed E-state index contributed by atoms with van der Waals surface area (Å²) in [7, 11) is 0. The Morgan fingerprint density at radius 2 is 1.84 bits per heavy atom. The fourth-order valence-electron chi connectivity index (χ4n) is 2.32. The summed E-state index contributed by atoms with van der Waals surface area (Å²) in [6.45, 7) is 5.12. The van der Waals surface area contributed by atoms with Crippen molar-refractivity contribution in [2.45, 2.75) is 64.2 Å². The maximum Gasteiger partial charge on any atom is 0.408 e. The monoisotopic (exact) mass is 273 g/mol. The zero-order chi connectivity index (χ0) is 14.6. The van der Waals surface area contributed by atoms with Crippen molar-refractivity contribution in [3.8, 4) is 0 Å². The molecule has 0 aromatic rings. The largest absolute Gasteiger partial charge is 0.480 e. The number of carbonyl (C=O) groups is 2. The lowest BCUT2D eigenvalue weighted by Gasteiger charge is -2.32. The molecule has 0 aromatic carbocycles. The summed E-state index contributed by atoms with van der Waals surface area (Å²) in [5, 5.41) is 21.4. The zero-order valence-corrected chi connectivity index (χ0v) is 11.7. The summed E-state index contributed by atoms with van der Waals surface area (Å²) in [6.07, 6.45) is 1.46. The highest BCUT2D eigenvalue weighted by atomic mass is 16.6. The van der Waals surface area contributed by atoms with Crippen molar-refractivity contribution >= 4 is 12.1 Å². The van der Waals surface area contributed by atoms with E-state index in [1.807, 2.05) is 0 Å². The molecule has 3 atom stereocenters. The number of carboxylic acids is 1. The van der Waals surface area contributed by atoms with Gasteiger partial charge in [0.2, 0.25) is 0 Å². The van der Waals surface area contributed by atoms with Gasteiger partial charge in [0.25, 0.3) is 0 Å². The van der Waals surface area contributed by atoms with E-state index in [0.717, 1.165) is 12.8 Å². The van der Waals surface area contributed by atoms with E-state index in [2.05, 4.69) is 5.32 Å². The second kappa shape index (κ2) is 6.23. The molecule has 0 saturated heterocycles. The predicted molar refractivity (Wildman–Crippen MR) is 68.8 cm³/mol. The van der Waals surface area contributed by atoms with Crippen molar-refractivity contribution in [2.24, 2.45) is 5.92 Å². The van der Waals surface area contributed by atoms with Crippen LogP contribution in [0.2, 0.25) is 0 Å². The maximum absolute atomic E-state index is 11.6. The van der Waals surface area contributed by atoms with Gasteiger partial charge in [-0.15, -0.1) is 0 Å². The van der Waals surface area contributed by atoms with Crippen LogP contribution in [0, 0.1) is 5.92 Å². The van der Waals surface area contributed by atoms with Crippen LogP contribution in [-0.2, 0) is 9.53 Å². The molecule has 0 spiro atoms. The molecule has 0 aliphatic heterocycles. The summed E-state index contributed by atoms with van der Waals surface area (Å²) in [4.78, 5) is 22.9. The third kappa shape index (κ3) is 5.06. The Balaban J connectivity index is 2.67. The SMILES string of the molecule is CC(C)(C)OC(=O)NC(C(=O)O)C1CCCCC1O. The molecule has 3 N–H and O–H groups in total. The Labute approximate surface area is 113 Å². The number of carboxylic acid groups (broad SMARTS) is 1. The Morgan fingerprint density at radius 3 is 2.32 bits per heavy atom. The normalized spacial score (nSPS) is 25.5. The molecule has 1 amide bonds. The minimum atomic E-state index is -1.14. The van der Waals surface area contributed by atoms with Gasteiger partial charge in [-0.1, -0.05) is 12.8 Å². The summed E-state index contributed by atoms with van der Waals surface area (Å²) in [5.74, 6) is -1.60. The molecule has 19 heavy (non-hydrogen) atoms. The second-order valence-corrected chi connectivity index (χ2v) is 5.98. The number of aliphatic hydroxyl groups excluding tert-OH is 1. The standard InChI is InChI=1S/C13H23NO5/c1-13(2,3)19-12(18)14-10(11(16)17)8-6-4-5-7-9(8)15/h8-10,15H,4-7H2,1-3H3,(H,14,18)(H,16,17). The number of aliphatic hydroxyl groups is 1. The molecule has 1 rings (SSSR count). The smallest absolute Gasteiger partial charge is 0.408 e. The van der Waals surface area contributed by atoms with Crippen molar-refractivity contribution in [1.29, 1.82) is 0 Å². The van der Waals surface area contributed by atoms with Crippen LogP contribution in [0.4, 0.5) is 4.79 Å². The molecule has 6 nitrogen and oxygen atoms in total. The quantitative estimate of drug-likeness (QED) is 0.724. The van der Waals surface area contributed by atoms with Crippen LogP contribution >= 0.6 is 0 Å². The van der Waals surface area contributed by atoms with Crippen molar-refractivity contribution < 1.29 is 24.5 Å². The minimum Gasteiger partial charge on any atom is -0.480 e. The molecule has 1 saturated carbocycles. The minimum absolute atomic E-state index is 0.459. The molecule has 6 heteroatoms. The topological polar surface area (TPSA) is 95.9 Å². The number of hydrogen-bond donors (Lipinski definition) is 3. The van der Waals surface area contributed by atoms with Crippen molar-refractivity contribution in [1.82, 2.24) is 5.32 Å². The average Bonchev–Trinajstić information content (AvgIpc) is 2.24. The lowest BCUT2D eigenvalue weighted by molar-refractivity contribution is -0.143. The van der Waals surface area contributed by atoms with Gasteiger partial charge in [-0.05, 0) is 33.6 Å². The fourth-order valence-corrected chi connectivity index (χ4v) is 2.32. The fraction of sp³-hybridized carbons (Fsp3) is 0.846. The first-order chi connectivity index (χ1) is 8.70. The van der Waals surface area contributed by atoms with E-state index in [1.165, 1.54) is 0 Å². The molecule has 1 fully saturated rings. The first-order valence-electron chi connectivity index (χ1n) is 6.61. The van der Waals surface area contributed by atoms with E-state index in [9.17, 15) is 19.8 Å². The van der Waals surface area contributed by atoms with Gasteiger partial charge >= 0.3 is 12.1 Å². The van der Waals surface area contributed by atoms with Crippen molar-refractivity contribution in [3.05, 3.63) is 0 Å². The number of amides is 1. The van der Waals surface area contributed by atoms with Crippen LogP contribution in [0.3, 0.4) is 0 Å². The molecule has 1 aliphatic carbocycles. The van der Waals surface area contributed by atoms with Crippen LogP contribution in [0.5, 0.6) is 0 Å². The van der Waals surface area contributed by atoms with Crippen molar-refractivity contribution in [2.75, 3.05) is 0 Å². The number of nitrogens with one attached hydrogen (secondary N) is 1. The Morgan fingerprint density at radius 1 is 1.26 bits per heavy atom. The summed E-state index contributed by atoms with van der Waals surface area (Å²) in [6, 6.07) is -1.11. The Bertz CT molecular complexity index is 336. The molecule has 3 unspecified atom stereocenters. The first-order valence-corrected chi connectivity index (χ1v) is 6.61. The Kier molecular flexibility index (Phi) is 5.17. The van der Waals surface area contributed by atoms with E-state index in [1.54, 1.807) is 20.8 Å². The lowest BCUT2D eigenvalue weighted by Crippen LogP contribution is -2.51. The van der Waals surface area contributed by atoms with Gasteiger partial charge in [-0.3, -0.25) is 0 Å². The highest BCUT2D eigenvalue weighted by molar-refractivity contribution is 5.80. The first kappa shape index (κ1) is 15.8. The van der Waals surface area contributed by atoms with Crippen LogP contribution < -0.4 is 5.32 Å². The lowest BCUT2D eigenvalue weighted by atomic mass is 9.81. The molecule has 1 aliphatic rings. The van der Waals surface area contributed by atoms with E-state index < -0.39 is 35.7 Å². The molecule has 110 valence electrons. The zero-order valence-electron chi connectivity index (χ0n) is 11.7. The second-order valence-electron chi connectivity index (χ2n) is 5.98. The summed E-state index contributed by atoms with van der Waals surface area (Å²) in [5.41, 5.74) is -0.682. The number of rotatable bonds is 3. The van der Waals surface area contributed by atoms with Gasteiger partial charge in [0, 0.05) is 5.92 Å². The van der Waals surface area contributed by atoms with Crippen LogP contribution in [-0.4, -0.2) is 40.0 Å². The molecule has 0 bridgehead atoms. The number of carbonyl (C=O) groups excluding carboxylic acids is 1. The summed E-state index contributed by atoms with van der Waals surface area (Å²) < 4.78 is 5.05. The van der Waals surface area contributed by atoms with Gasteiger partial charge in [-0.25, -0.2) is 9.59 Å². The average molecular weight is 273 g/mol. The maximum atomic E-state index is 11.6. The highest BCUT2D eigenvalue weighted by Crippen LogP contribution is 2.27. The highest BCUT2D eigenvalue weighted by Gasteiger charge is 2.37. The molecular weight excluding hydrogens is 250 g/mol. The van der Waals surface area contributed by atoms with Gasteiger partial charge in [-0.2, -0.15) is 0 Å². The predicted octanol–water partition coefficient (Wildman–Crippen LogP) is 1.52. The Hall–Kier alpha value is -1.30. The number of ether oxygens (including phenoxy) is 1. The van der Waals surface area contributed by atoms with E-state index in [4.69, 9.17) is 4.74 Å². The summed E-state index contributed by atoms with van der Waals surface area (Å²) >= 11 is 0. The van der Waals surface area contributed by atoms with Gasteiger partial charge < -0.3 is 20.3 Å². The van der Waals surface area contributed by atoms with Gasteiger partial charge in [0.15, 0.2) is 0 Å². The molecular formula is C13H23NO5. The van der Waals surface area contributed by atoms with E-state index in [0.29, 0.717) is 12.8 Å². The van der Waals surface area contributed by atoms with Crippen LogP contribution in [0.25, 0.3) is 0 Å². The van der Waals surface area contributed by atoms with Gasteiger partial charge in [0.1, 0.15) is 11.6 Å². The third-order valence-corrected chi connectivity index (χ3v) is 3.15. The van der Waals surface area contributed by atoms with Crippen LogP contribution in [0.1, 0.15) is 46.5 Å². The molecule has 0 heterocycles. The number of alkyl carbamates (subject to hydrolysis) is 1. The number of hydrogen-bond acceptors (Lipinski definition) is 4. The molecule has 0 aromatic heterocycles. The van der Waals surface area contributed by atoms with Crippen LogP contribution in [0.15, 0.2) is 0 Å². The van der Waals surface area contributed by atoms with Gasteiger partial charge in [0.05, 0.1) is 6.10 Å². The van der Waals surface area contributed by atoms with E-state index >= 15 is 0 Å².